The van der Waals surface area contributed by atoms with Crippen LogP contribution in [0.25, 0.3) is 0 Å². The third-order valence-electron chi connectivity index (χ3n) is 9.69. The molecule has 4 aromatic rings. The van der Waals surface area contributed by atoms with Crippen molar-refractivity contribution in [1.82, 2.24) is 4.57 Å². The average molecular weight is 686 g/mol. The lowest BCUT2D eigenvalue weighted by molar-refractivity contribution is -0.137. The second kappa shape index (κ2) is 10.6. The molecule has 7 unspecified atom stereocenters. The number of carbonyl (C=O) groups is 3. The molecule has 1 N–H and O–H groups in total. The van der Waals surface area contributed by atoms with E-state index in [-0.39, 0.29) is 40.7 Å². The van der Waals surface area contributed by atoms with Crippen molar-refractivity contribution in [1.29, 1.82) is 0 Å². The summed E-state index contributed by atoms with van der Waals surface area (Å²) in [6.07, 6.45) is -4.01. The normalized spacial score (nSPS) is 27.9. The number of thiophene rings is 1. The predicted molar refractivity (Wildman–Crippen MR) is 165 cm³/mol. The zero-order valence-electron chi connectivity index (χ0n) is 23.6. The topological polar surface area (TPSA) is 88.5 Å². The van der Waals surface area contributed by atoms with Gasteiger partial charge in [0.05, 0.1) is 33.8 Å². The molecule has 46 heavy (non-hydrogen) atoms. The standard InChI is InChI=1S/C32H23F4N3O4S3/c33-14-7-9-15(10-8-14)39-28(41)23-16-12-17(24(23)29(39)42)26-22(16)25(20-6-3-11-44-20)27-30(45-26)38(31(43)46-27)13-21(40)37-19-5-2-1-4-18(19)32(34,35)36/h1-11,16-17,22-26H,12-13H2,(H,37,40). The monoisotopic (exact) mass is 685 g/mol. The second-order valence-corrected chi connectivity index (χ2v) is 15.1. The molecule has 2 saturated carbocycles. The van der Waals surface area contributed by atoms with Gasteiger partial charge in [0, 0.05) is 20.9 Å². The number of imide groups is 1. The van der Waals surface area contributed by atoms with E-state index < -0.39 is 52.4 Å². The van der Waals surface area contributed by atoms with Gasteiger partial charge in [-0.05, 0) is 72.0 Å². The molecule has 7 nitrogen and oxygen atoms in total. The lowest BCUT2D eigenvalue weighted by Crippen LogP contribution is -2.43. The molecule has 2 aromatic carbocycles. The Hall–Kier alpha value is -3.75. The number of thioether (sulfide) groups is 1. The summed E-state index contributed by atoms with van der Waals surface area (Å²) in [4.78, 5) is 56.8. The van der Waals surface area contributed by atoms with E-state index in [2.05, 4.69) is 5.32 Å². The molecule has 236 valence electrons. The first-order valence-electron chi connectivity index (χ1n) is 14.6. The molecule has 3 amide bonds. The SMILES string of the molecule is O=C(Cn1c2c(sc1=O)C(c1cccs1)C1C3CC(C1S2)C1C(=O)N(c2ccc(F)cc2)C(=O)C31)Nc1ccccc1C(F)(F)F. The Morgan fingerprint density at radius 3 is 2.35 bits per heavy atom. The summed E-state index contributed by atoms with van der Waals surface area (Å²) in [6.45, 7) is -0.478. The summed E-state index contributed by atoms with van der Waals surface area (Å²) < 4.78 is 55.6. The number of aromatic nitrogens is 1. The molecule has 8 rings (SSSR count). The molecule has 4 aliphatic rings. The quantitative estimate of drug-likeness (QED) is 0.193. The molecule has 0 radical (unpaired) electrons. The Labute approximate surface area is 271 Å². The lowest BCUT2D eigenvalue weighted by atomic mass is 9.69. The van der Waals surface area contributed by atoms with Crippen LogP contribution in [0.5, 0.6) is 0 Å². The number of hydrogen-bond acceptors (Lipinski definition) is 7. The van der Waals surface area contributed by atoms with Crippen molar-refractivity contribution in [3.63, 3.8) is 0 Å². The van der Waals surface area contributed by atoms with Crippen molar-refractivity contribution in [2.45, 2.75) is 35.3 Å². The van der Waals surface area contributed by atoms with Crippen molar-refractivity contribution in [3.8, 4) is 0 Å². The van der Waals surface area contributed by atoms with Crippen molar-refractivity contribution in [2.75, 3.05) is 10.2 Å². The van der Waals surface area contributed by atoms with Crippen LogP contribution in [-0.2, 0) is 27.1 Å². The first kappa shape index (κ1) is 29.6. The molecule has 2 aliphatic heterocycles. The highest BCUT2D eigenvalue weighted by atomic mass is 32.2. The first-order valence-corrected chi connectivity index (χ1v) is 17.1. The summed E-state index contributed by atoms with van der Waals surface area (Å²) >= 11 is 3.98. The van der Waals surface area contributed by atoms with Crippen LogP contribution in [0.2, 0.25) is 0 Å². The highest BCUT2D eigenvalue weighted by molar-refractivity contribution is 8.00. The van der Waals surface area contributed by atoms with Gasteiger partial charge in [-0.15, -0.1) is 23.1 Å². The summed E-state index contributed by atoms with van der Waals surface area (Å²) in [5.74, 6) is -3.49. The highest BCUT2D eigenvalue weighted by Gasteiger charge is 2.70. The summed E-state index contributed by atoms with van der Waals surface area (Å²) in [5, 5.41) is 4.71. The molecule has 4 heterocycles. The maximum Gasteiger partial charge on any atom is 0.418 e. The van der Waals surface area contributed by atoms with E-state index in [0.717, 1.165) is 27.2 Å². The van der Waals surface area contributed by atoms with Gasteiger partial charge >= 0.3 is 11.0 Å². The minimum Gasteiger partial charge on any atom is -0.324 e. The van der Waals surface area contributed by atoms with Gasteiger partial charge in [-0.25, -0.2) is 4.39 Å². The zero-order valence-corrected chi connectivity index (χ0v) is 26.0. The predicted octanol–water partition coefficient (Wildman–Crippen LogP) is 6.45. The third kappa shape index (κ3) is 4.43. The van der Waals surface area contributed by atoms with Crippen LogP contribution < -0.4 is 15.1 Å². The molecule has 2 aromatic heterocycles. The molecule has 2 aliphatic carbocycles. The van der Waals surface area contributed by atoms with Crippen LogP contribution >= 0.6 is 34.4 Å². The molecule has 0 spiro atoms. The molecule has 7 atom stereocenters. The Morgan fingerprint density at radius 2 is 1.65 bits per heavy atom. The van der Waals surface area contributed by atoms with Gasteiger partial charge in [0.2, 0.25) is 17.7 Å². The molecule has 1 saturated heterocycles. The largest absolute Gasteiger partial charge is 0.418 e. The number of amides is 3. The fourth-order valence-electron chi connectivity index (χ4n) is 8.06. The molecule has 14 heteroatoms. The van der Waals surface area contributed by atoms with Crippen molar-refractivity contribution < 1.29 is 31.9 Å². The number of fused-ring (bicyclic) bond motifs is 9. The number of alkyl halides is 3. The molecule has 2 bridgehead atoms. The van der Waals surface area contributed by atoms with E-state index in [9.17, 15) is 36.7 Å². The number of para-hydroxylation sites is 1. The van der Waals surface area contributed by atoms with Crippen LogP contribution in [0.15, 0.2) is 75.9 Å². The fraction of sp³-hybridized carbons (Fsp3) is 0.312. The van der Waals surface area contributed by atoms with Gasteiger partial charge in [0.1, 0.15) is 12.4 Å². The molecular weight excluding hydrogens is 663 g/mol. The van der Waals surface area contributed by atoms with E-state index in [0.29, 0.717) is 17.1 Å². The maximum absolute atomic E-state index is 13.8. The Morgan fingerprint density at radius 1 is 0.935 bits per heavy atom. The van der Waals surface area contributed by atoms with Gasteiger partial charge in [-0.3, -0.25) is 28.6 Å². The van der Waals surface area contributed by atoms with Crippen LogP contribution in [0.1, 0.15) is 27.7 Å². The Balaban J connectivity index is 1.14. The second-order valence-electron chi connectivity index (χ2n) is 12.0. The van der Waals surface area contributed by atoms with Crippen molar-refractivity contribution >= 4 is 63.5 Å². The average Bonchev–Trinajstić information content (AvgIpc) is 3.83. The van der Waals surface area contributed by atoms with Crippen molar-refractivity contribution in [2.24, 2.45) is 29.6 Å². The van der Waals surface area contributed by atoms with Gasteiger partial charge in [-0.1, -0.05) is 29.5 Å². The number of rotatable bonds is 5. The summed E-state index contributed by atoms with van der Waals surface area (Å²) in [7, 11) is 0. The summed E-state index contributed by atoms with van der Waals surface area (Å²) in [5.41, 5.74) is -1.04. The van der Waals surface area contributed by atoms with Gasteiger partial charge in [0.25, 0.3) is 0 Å². The van der Waals surface area contributed by atoms with Crippen LogP contribution in [0.4, 0.5) is 28.9 Å². The first-order chi connectivity index (χ1) is 22.0. The van der Waals surface area contributed by atoms with E-state index in [1.165, 1.54) is 75.0 Å². The number of nitrogens with zero attached hydrogens (tertiary/aromatic N) is 2. The van der Waals surface area contributed by atoms with Gasteiger partial charge in [-0.2, -0.15) is 13.2 Å². The Kier molecular flexibility index (Phi) is 6.86. The number of carbonyl (C=O) groups excluding carboxylic acids is 3. The number of thiazole rings is 1. The fourth-order valence-corrected chi connectivity index (χ4v) is 12.2. The molecular formula is C32H23F4N3O4S3. The van der Waals surface area contributed by atoms with Crippen LogP contribution in [0.3, 0.4) is 0 Å². The number of anilines is 2. The van der Waals surface area contributed by atoms with Gasteiger partial charge < -0.3 is 5.32 Å². The van der Waals surface area contributed by atoms with E-state index in [1.807, 2.05) is 17.5 Å². The number of hydrogen-bond donors (Lipinski definition) is 1. The Bertz CT molecular complexity index is 1960. The highest BCUT2D eigenvalue weighted by Crippen LogP contribution is 2.69. The molecule has 3 fully saturated rings. The van der Waals surface area contributed by atoms with E-state index in [4.69, 9.17) is 0 Å². The smallest absolute Gasteiger partial charge is 0.324 e. The summed E-state index contributed by atoms with van der Waals surface area (Å²) in [6, 6.07) is 13.9. The van der Waals surface area contributed by atoms with Crippen LogP contribution in [-0.4, -0.2) is 27.5 Å². The maximum atomic E-state index is 13.8. The minimum atomic E-state index is -4.67. The van der Waals surface area contributed by atoms with Gasteiger partial charge in [0.15, 0.2) is 0 Å². The lowest BCUT2D eigenvalue weighted by Gasteiger charge is -2.42. The minimum absolute atomic E-state index is 0.0497. The zero-order chi connectivity index (χ0) is 32.1. The van der Waals surface area contributed by atoms with Crippen molar-refractivity contribution in [3.05, 3.63) is 96.8 Å². The number of benzene rings is 2. The van der Waals surface area contributed by atoms with Crippen LogP contribution in [0, 0.1) is 35.4 Å². The third-order valence-corrected chi connectivity index (χ3v) is 13.4. The van der Waals surface area contributed by atoms with E-state index >= 15 is 0 Å². The van der Waals surface area contributed by atoms with E-state index in [1.54, 1.807) is 0 Å². The number of nitrogens with one attached hydrogen (secondary N) is 1. The number of halogens is 4.